The van der Waals surface area contributed by atoms with Gasteiger partial charge in [0.2, 0.25) is 0 Å². The predicted octanol–water partition coefficient (Wildman–Crippen LogP) is 4.06. The summed E-state index contributed by atoms with van der Waals surface area (Å²) in [7, 11) is 0. The topological polar surface area (TPSA) is 39.4 Å². The standard InChI is InChI=1S/C16H14ClN3O/c1-3-21-11(2)16-15(12-7-5-4-6-8-12)18-14-10-9-13(17)19-20(14)16/h4-10H,2-3H2,1H3. The molecule has 0 atom stereocenters. The molecule has 0 aliphatic carbocycles. The molecule has 3 aromatic rings. The van der Waals surface area contributed by atoms with Crippen LogP contribution in [0.15, 0.2) is 49.0 Å². The lowest BCUT2D eigenvalue weighted by Gasteiger charge is -2.08. The highest BCUT2D eigenvalue weighted by atomic mass is 35.5. The highest BCUT2D eigenvalue weighted by molar-refractivity contribution is 6.29. The average Bonchev–Trinajstić information content (AvgIpc) is 2.87. The van der Waals surface area contributed by atoms with Gasteiger partial charge in [0.25, 0.3) is 0 Å². The van der Waals surface area contributed by atoms with Crippen molar-refractivity contribution in [3.05, 3.63) is 59.9 Å². The first-order valence-electron chi connectivity index (χ1n) is 6.63. The maximum Gasteiger partial charge on any atom is 0.155 e. The fraction of sp³-hybridized carbons (Fsp3) is 0.125. The first-order chi connectivity index (χ1) is 10.2. The Balaban J connectivity index is 2.28. The summed E-state index contributed by atoms with van der Waals surface area (Å²) < 4.78 is 7.23. The molecule has 0 bridgehead atoms. The second-order valence-corrected chi connectivity index (χ2v) is 4.84. The fourth-order valence-corrected chi connectivity index (χ4v) is 2.34. The van der Waals surface area contributed by atoms with Crippen LogP contribution in [0.5, 0.6) is 0 Å². The van der Waals surface area contributed by atoms with Gasteiger partial charge in [-0.1, -0.05) is 48.5 Å². The first kappa shape index (κ1) is 13.6. The summed E-state index contributed by atoms with van der Waals surface area (Å²) in [5.74, 6) is 0.526. The van der Waals surface area contributed by atoms with Crippen molar-refractivity contribution < 1.29 is 4.74 Å². The number of benzene rings is 1. The molecule has 1 aromatic carbocycles. The van der Waals surface area contributed by atoms with E-state index >= 15 is 0 Å². The number of rotatable bonds is 4. The van der Waals surface area contributed by atoms with Crippen molar-refractivity contribution in [3.8, 4) is 11.3 Å². The number of aromatic nitrogens is 3. The highest BCUT2D eigenvalue weighted by Crippen LogP contribution is 2.29. The molecule has 0 aliphatic heterocycles. The third-order valence-electron chi connectivity index (χ3n) is 3.07. The van der Waals surface area contributed by atoms with Crippen LogP contribution in [0.4, 0.5) is 0 Å². The molecule has 0 radical (unpaired) electrons. The summed E-state index contributed by atoms with van der Waals surface area (Å²) in [5, 5.41) is 4.70. The van der Waals surface area contributed by atoms with Crippen LogP contribution in [0.1, 0.15) is 12.6 Å². The van der Waals surface area contributed by atoms with Gasteiger partial charge in [-0.15, -0.1) is 0 Å². The first-order valence-corrected chi connectivity index (χ1v) is 7.01. The number of hydrogen-bond acceptors (Lipinski definition) is 3. The number of fused-ring (bicyclic) bond motifs is 1. The van der Waals surface area contributed by atoms with Crippen LogP contribution in [-0.4, -0.2) is 21.2 Å². The molecule has 0 fully saturated rings. The van der Waals surface area contributed by atoms with E-state index in [1.54, 1.807) is 10.6 Å². The van der Waals surface area contributed by atoms with Crippen LogP contribution >= 0.6 is 11.6 Å². The van der Waals surface area contributed by atoms with Crippen LogP contribution in [0.2, 0.25) is 5.15 Å². The molecule has 4 nitrogen and oxygen atoms in total. The number of halogens is 1. The Morgan fingerprint density at radius 2 is 2.00 bits per heavy atom. The summed E-state index contributed by atoms with van der Waals surface area (Å²) in [6.07, 6.45) is 0. The number of ether oxygens (including phenoxy) is 1. The zero-order chi connectivity index (χ0) is 14.8. The maximum absolute atomic E-state index is 6.00. The van der Waals surface area contributed by atoms with Crippen LogP contribution in [0.25, 0.3) is 22.7 Å². The Kier molecular flexibility index (Phi) is 3.62. The Morgan fingerprint density at radius 1 is 1.24 bits per heavy atom. The minimum Gasteiger partial charge on any atom is -0.492 e. The van der Waals surface area contributed by atoms with Crippen LogP contribution in [-0.2, 0) is 4.74 Å². The van der Waals surface area contributed by atoms with E-state index in [0.717, 1.165) is 17.0 Å². The van der Waals surface area contributed by atoms with Gasteiger partial charge in [-0.05, 0) is 19.1 Å². The van der Waals surface area contributed by atoms with Gasteiger partial charge >= 0.3 is 0 Å². The van der Waals surface area contributed by atoms with E-state index < -0.39 is 0 Å². The molecule has 0 aliphatic rings. The SMILES string of the molecule is C=C(OCC)c1c(-c2ccccc2)nc2ccc(Cl)nn12. The van der Waals surface area contributed by atoms with Crippen LogP contribution in [0, 0.1) is 0 Å². The Bertz CT molecular complexity index is 796. The number of hydrogen-bond donors (Lipinski definition) is 0. The van der Waals surface area contributed by atoms with Crippen molar-refractivity contribution in [1.82, 2.24) is 14.6 Å². The van der Waals surface area contributed by atoms with E-state index in [4.69, 9.17) is 16.3 Å². The summed E-state index contributed by atoms with van der Waals surface area (Å²) >= 11 is 6.00. The quantitative estimate of drug-likeness (QED) is 0.682. The van der Waals surface area contributed by atoms with Gasteiger partial charge < -0.3 is 4.74 Å². The van der Waals surface area contributed by atoms with Gasteiger partial charge in [0, 0.05) is 5.56 Å². The van der Waals surface area contributed by atoms with Gasteiger partial charge in [0.1, 0.15) is 22.3 Å². The normalized spacial score (nSPS) is 10.8. The van der Waals surface area contributed by atoms with Gasteiger partial charge in [-0.3, -0.25) is 0 Å². The van der Waals surface area contributed by atoms with E-state index in [2.05, 4.69) is 16.7 Å². The molecule has 5 heteroatoms. The van der Waals surface area contributed by atoms with E-state index in [9.17, 15) is 0 Å². The average molecular weight is 300 g/mol. The molecule has 2 heterocycles. The van der Waals surface area contributed by atoms with E-state index in [1.165, 1.54) is 0 Å². The molecule has 2 aromatic heterocycles. The van der Waals surface area contributed by atoms with Crippen molar-refractivity contribution in [2.45, 2.75) is 6.92 Å². The third kappa shape index (κ3) is 2.50. The van der Waals surface area contributed by atoms with Crippen molar-refractivity contribution in [2.75, 3.05) is 6.61 Å². The summed E-state index contributed by atoms with van der Waals surface area (Å²) in [5.41, 5.74) is 3.19. The van der Waals surface area contributed by atoms with Gasteiger partial charge in [-0.2, -0.15) is 5.10 Å². The molecule has 0 spiro atoms. The summed E-state index contributed by atoms with van der Waals surface area (Å²) in [6, 6.07) is 13.4. The molecule has 0 unspecified atom stereocenters. The minimum atomic E-state index is 0.394. The largest absolute Gasteiger partial charge is 0.492 e. The predicted molar refractivity (Wildman–Crippen MR) is 84.1 cm³/mol. The molecule has 21 heavy (non-hydrogen) atoms. The lowest BCUT2D eigenvalue weighted by molar-refractivity contribution is 0.297. The van der Waals surface area contributed by atoms with Crippen LogP contribution < -0.4 is 0 Å². The van der Waals surface area contributed by atoms with E-state index in [0.29, 0.717) is 23.2 Å². The molecular formula is C16H14ClN3O. The number of nitrogens with zero attached hydrogens (tertiary/aromatic N) is 3. The lowest BCUT2D eigenvalue weighted by Crippen LogP contribution is -2.00. The highest BCUT2D eigenvalue weighted by Gasteiger charge is 2.18. The van der Waals surface area contributed by atoms with E-state index in [1.807, 2.05) is 43.3 Å². The van der Waals surface area contributed by atoms with Gasteiger partial charge in [0.15, 0.2) is 5.65 Å². The van der Waals surface area contributed by atoms with Gasteiger partial charge in [0.05, 0.1) is 6.61 Å². The zero-order valence-corrected chi connectivity index (χ0v) is 12.3. The smallest absolute Gasteiger partial charge is 0.155 e. The van der Waals surface area contributed by atoms with Crippen molar-refractivity contribution in [3.63, 3.8) is 0 Å². The lowest BCUT2D eigenvalue weighted by atomic mass is 10.1. The number of imidazole rings is 1. The van der Waals surface area contributed by atoms with Crippen molar-refractivity contribution in [2.24, 2.45) is 0 Å². The molecule has 0 amide bonds. The van der Waals surface area contributed by atoms with E-state index in [-0.39, 0.29) is 0 Å². The zero-order valence-electron chi connectivity index (χ0n) is 11.6. The van der Waals surface area contributed by atoms with Crippen molar-refractivity contribution >= 4 is 23.0 Å². The Hall–Kier alpha value is -2.33. The molecule has 0 N–H and O–H groups in total. The molecule has 3 rings (SSSR count). The van der Waals surface area contributed by atoms with Crippen LogP contribution in [0.3, 0.4) is 0 Å². The summed E-state index contributed by atoms with van der Waals surface area (Å²) in [4.78, 5) is 4.63. The Morgan fingerprint density at radius 3 is 2.71 bits per heavy atom. The Labute approximate surface area is 127 Å². The monoisotopic (exact) mass is 299 g/mol. The summed E-state index contributed by atoms with van der Waals surface area (Å²) in [6.45, 7) is 6.43. The van der Waals surface area contributed by atoms with Gasteiger partial charge in [-0.25, -0.2) is 9.50 Å². The molecular weight excluding hydrogens is 286 g/mol. The third-order valence-corrected chi connectivity index (χ3v) is 3.28. The van der Waals surface area contributed by atoms with Crippen molar-refractivity contribution in [1.29, 1.82) is 0 Å². The second kappa shape index (κ2) is 5.58. The molecule has 0 saturated carbocycles. The molecule has 0 saturated heterocycles. The minimum absolute atomic E-state index is 0.394. The fourth-order valence-electron chi connectivity index (χ4n) is 2.20. The maximum atomic E-state index is 6.00. The second-order valence-electron chi connectivity index (χ2n) is 4.46. The molecule has 106 valence electrons.